The van der Waals surface area contributed by atoms with Crippen molar-refractivity contribution in [2.45, 2.75) is 13.5 Å². The van der Waals surface area contributed by atoms with Crippen LogP contribution in [0.4, 0.5) is 0 Å². The number of methoxy groups -OCH3 is 1. The largest absolute Gasteiger partial charge is 0.618 e. The summed E-state index contributed by atoms with van der Waals surface area (Å²) in [5.41, 5.74) is 2.02. The molecule has 1 heterocycles. The van der Waals surface area contributed by atoms with E-state index in [1.807, 2.05) is 13.0 Å². The smallest absolute Gasteiger partial charge is 0.338 e. The summed E-state index contributed by atoms with van der Waals surface area (Å²) in [7, 11) is 1.49. The highest BCUT2D eigenvalue weighted by Gasteiger charge is 2.28. The third-order valence-corrected chi connectivity index (χ3v) is 4.98. The predicted molar refractivity (Wildman–Crippen MR) is 117 cm³/mol. The van der Waals surface area contributed by atoms with E-state index in [1.165, 1.54) is 13.2 Å². The highest BCUT2D eigenvalue weighted by atomic mass is 16.5. The Morgan fingerprint density at radius 3 is 2.44 bits per heavy atom. The van der Waals surface area contributed by atoms with Gasteiger partial charge in [-0.2, -0.15) is 4.73 Å². The second-order valence-electron chi connectivity index (χ2n) is 7.20. The number of ketones is 1. The molecule has 160 valence electrons. The molecule has 0 fully saturated rings. The topological polar surface area (TPSA) is 92.4 Å². The molecule has 0 unspecified atom stereocenters. The maximum absolute atomic E-state index is 13.3. The Morgan fingerprint density at radius 1 is 0.969 bits per heavy atom. The summed E-state index contributed by atoms with van der Waals surface area (Å²) >= 11 is 0. The second-order valence-corrected chi connectivity index (χ2v) is 7.20. The average molecular weight is 428 g/mol. The number of benzene rings is 3. The van der Waals surface area contributed by atoms with Crippen molar-refractivity contribution in [1.29, 1.82) is 0 Å². The minimum atomic E-state index is -0.569. The maximum atomic E-state index is 13.3. The fourth-order valence-electron chi connectivity index (χ4n) is 3.36. The molecule has 0 aliphatic carbocycles. The number of carbonyl (C=O) groups is 2. The van der Waals surface area contributed by atoms with Crippen molar-refractivity contribution in [3.05, 3.63) is 106 Å². The van der Waals surface area contributed by atoms with Crippen LogP contribution in [0.5, 0.6) is 5.75 Å². The van der Waals surface area contributed by atoms with Gasteiger partial charge in [-0.3, -0.25) is 4.79 Å². The van der Waals surface area contributed by atoms with Crippen LogP contribution < -0.4 is 9.47 Å². The molecule has 7 heteroatoms. The monoisotopic (exact) mass is 428 g/mol. The summed E-state index contributed by atoms with van der Waals surface area (Å²) in [6, 6.07) is 20.2. The molecule has 32 heavy (non-hydrogen) atoms. The van der Waals surface area contributed by atoms with E-state index in [9.17, 15) is 14.8 Å². The van der Waals surface area contributed by atoms with Crippen molar-refractivity contribution in [3.8, 4) is 5.75 Å². The SMILES string of the molecule is COc1ccc2nc(COC(=O)c3cccc(C)c3)c(C(=O)c3ccccc3)[n+]([O-])c2c1. The van der Waals surface area contributed by atoms with E-state index in [0.29, 0.717) is 27.1 Å². The number of nitrogens with zero attached hydrogens (tertiary/aromatic N) is 2. The molecule has 0 aliphatic heterocycles. The van der Waals surface area contributed by atoms with Gasteiger partial charge in [0.2, 0.25) is 5.52 Å². The first kappa shape index (κ1) is 21.0. The summed E-state index contributed by atoms with van der Waals surface area (Å²) in [5, 5.41) is 13.3. The Bertz CT molecular complexity index is 1320. The highest BCUT2D eigenvalue weighted by Crippen LogP contribution is 2.20. The van der Waals surface area contributed by atoms with E-state index in [-0.39, 0.29) is 23.5 Å². The molecule has 0 N–H and O–H groups in total. The number of carbonyl (C=O) groups excluding carboxylic acids is 2. The van der Waals surface area contributed by atoms with Gasteiger partial charge in [-0.25, -0.2) is 9.78 Å². The van der Waals surface area contributed by atoms with Crippen LogP contribution in [0.15, 0.2) is 72.8 Å². The Hall–Kier alpha value is -4.26. The number of esters is 1. The quantitative estimate of drug-likeness (QED) is 0.201. The van der Waals surface area contributed by atoms with Gasteiger partial charge in [0.05, 0.1) is 18.7 Å². The molecule has 0 atom stereocenters. The van der Waals surface area contributed by atoms with Crippen molar-refractivity contribution in [1.82, 2.24) is 4.98 Å². The number of rotatable bonds is 6. The maximum Gasteiger partial charge on any atom is 0.338 e. The summed E-state index contributed by atoms with van der Waals surface area (Å²) < 4.78 is 11.1. The van der Waals surface area contributed by atoms with E-state index in [1.54, 1.807) is 60.7 Å². The molecule has 0 radical (unpaired) electrons. The summed E-state index contributed by atoms with van der Waals surface area (Å²) in [6.45, 7) is 1.54. The van der Waals surface area contributed by atoms with Gasteiger partial charge in [-0.1, -0.05) is 48.0 Å². The lowest BCUT2D eigenvalue weighted by molar-refractivity contribution is -0.580. The van der Waals surface area contributed by atoms with Gasteiger partial charge >= 0.3 is 5.97 Å². The number of hydrogen-bond donors (Lipinski definition) is 0. The zero-order chi connectivity index (χ0) is 22.7. The minimum Gasteiger partial charge on any atom is -0.618 e. The van der Waals surface area contributed by atoms with E-state index in [2.05, 4.69) is 4.98 Å². The van der Waals surface area contributed by atoms with E-state index < -0.39 is 11.8 Å². The van der Waals surface area contributed by atoms with Gasteiger partial charge in [0.15, 0.2) is 5.69 Å². The number of hydrogen-bond acceptors (Lipinski definition) is 6. The van der Waals surface area contributed by atoms with Gasteiger partial charge < -0.3 is 14.7 Å². The van der Waals surface area contributed by atoms with Crippen LogP contribution in [0.25, 0.3) is 11.0 Å². The number of fused-ring (bicyclic) bond motifs is 1. The van der Waals surface area contributed by atoms with Crippen molar-refractivity contribution in [2.75, 3.05) is 7.11 Å². The van der Waals surface area contributed by atoms with Crippen LogP contribution in [0.1, 0.15) is 37.7 Å². The fourth-order valence-corrected chi connectivity index (χ4v) is 3.36. The number of ether oxygens (including phenoxy) is 2. The Kier molecular flexibility index (Phi) is 5.81. The van der Waals surface area contributed by atoms with Crippen LogP contribution in [0.2, 0.25) is 0 Å². The van der Waals surface area contributed by atoms with Crippen molar-refractivity contribution < 1.29 is 23.8 Å². The zero-order valence-corrected chi connectivity index (χ0v) is 17.6. The normalized spacial score (nSPS) is 10.7. The molecule has 4 rings (SSSR count). The van der Waals surface area contributed by atoms with Crippen LogP contribution in [0.3, 0.4) is 0 Å². The first-order valence-corrected chi connectivity index (χ1v) is 9.91. The summed E-state index contributed by atoms with van der Waals surface area (Å²) in [5.74, 6) is -0.624. The molecule has 0 spiro atoms. The molecule has 0 bridgehead atoms. The van der Waals surface area contributed by atoms with Gasteiger partial charge in [0.25, 0.3) is 11.5 Å². The van der Waals surface area contributed by atoms with Crippen molar-refractivity contribution in [3.63, 3.8) is 0 Å². The molecular weight excluding hydrogens is 408 g/mol. The van der Waals surface area contributed by atoms with Gasteiger partial charge in [-0.15, -0.1) is 0 Å². The molecular formula is C25H20N2O5. The van der Waals surface area contributed by atoms with E-state index in [0.717, 1.165) is 5.56 Å². The first-order valence-electron chi connectivity index (χ1n) is 9.91. The molecule has 0 saturated carbocycles. The number of aryl methyl sites for hydroxylation is 1. The predicted octanol–water partition coefficient (Wildman–Crippen LogP) is 3.77. The molecule has 0 saturated heterocycles. The second kappa shape index (κ2) is 8.85. The molecule has 0 amide bonds. The lowest BCUT2D eigenvalue weighted by atomic mass is 10.1. The van der Waals surface area contributed by atoms with Crippen molar-refractivity contribution >= 4 is 22.8 Å². The summed E-state index contributed by atoms with van der Waals surface area (Å²) in [4.78, 5) is 30.2. The van der Waals surface area contributed by atoms with Gasteiger partial charge in [0.1, 0.15) is 17.9 Å². The lowest BCUT2D eigenvalue weighted by Gasteiger charge is -2.12. The Labute approximate surface area is 184 Å². The third kappa shape index (κ3) is 4.13. The third-order valence-electron chi connectivity index (χ3n) is 4.98. The van der Waals surface area contributed by atoms with Gasteiger partial charge in [-0.05, 0) is 31.2 Å². The van der Waals surface area contributed by atoms with Crippen LogP contribution >= 0.6 is 0 Å². The molecule has 4 aromatic rings. The van der Waals surface area contributed by atoms with Gasteiger partial charge in [0, 0.05) is 5.56 Å². The Balaban J connectivity index is 1.77. The molecule has 0 aliphatic rings. The average Bonchev–Trinajstić information content (AvgIpc) is 2.82. The van der Waals surface area contributed by atoms with E-state index in [4.69, 9.17) is 9.47 Å². The minimum absolute atomic E-state index is 0.0764. The standard InChI is InChI=1S/C25H20N2O5/c1-16-7-6-10-18(13-16)25(29)32-15-21-23(24(28)17-8-4-3-5-9-17)27(30)22-14-19(31-2)11-12-20(22)26-21/h3-14H,15H2,1-2H3. The molecule has 7 nitrogen and oxygen atoms in total. The first-order chi connectivity index (χ1) is 15.5. The molecule has 1 aromatic heterocycles. The van der Waals surface area contributed by atoms with Crippen LogP contribution in [-0.2, 0) is 11.3 Å². The van der Waals surface area contributed by atoms with Crippen LogP contribution in [0, 0.1) is 12.1 Å². The zero-order valence-electron chi connectivity index (χ0n) is 17.6. The number of aromatic nitrogens is 2. The summed E-state index contributed by atoms with van der Waals surface area (Å²) in [6.07, 6.45) is 0. The fraction of sp³-hybridized carbons (Fsp3) is 0.120. The Morgan fingerprint density at radius 2 is 1.72 bits per heavy atom. The molecule has 3 aromatic carbocycles. The van der Waals surface area contributed by atoms with E-state index >= 15 is 0 Å². The highest BCUT2D eigenvalue weighted by molar-refractivity contribution is 6.07. The van der Waals surface area contributed by atoms with Crippen LogP contribution in [-0.4, -0.2) is 23.8 Å². The lowest BCUT2D eigenvalue weighted by Crippen LogP contribution is -2.38. The van der Waals surface area contributed by atoms with Crippen molar-refractivity contribution in [2.24, 2.45) is 0 Å².